The fourth-order valence-corrected chi connectivity index (χ4v) is 1.47. The summed E-state index contributed by atoms with van der Waals surface area (Å²) in [5.41, 5.74) is 0. The van der Waals surface area contributed by atoms with E-state index in [1.165, 1.54) is 15.6 Å². The predicted molar refractivity (Wildman–Crippen MR) is 75.9 cm³/mol. The fourth-order valence-electron chi connectivity index (χ4n) is 1.05. The molecule has 0 spiro atoms. The zero-order chi connectivity index (χ0) is 14.1. The van der Waals surface area contributed by atoms with Gasteiger partial charge in [0.1, 0.15) is 6.54 Å². The van der Waals surface area contributed by atoms with Crippen LogP contribution in [0.3, 0.4) is 0 Å². The van der Waals surface area contributed by atoms with Crippen molar-refractivity contribution in [1.29, 1.82) is 0 Å². The maximum absolute atomic E-state index is 11.6. The van der Waals surface area contributed by atoms with Crippen molar-refractivity contribution in [3.8, 4) is 0 Å². The van der Waals surface area contributed by atoms with Gasteiger partial charge in [-0.25, -0.2) is 5.06 Å². The molecule has 2 amide bonds. The van der Waals surface area contributed by atoms with Crippen LogP contribution in [0.15, 0.2) is 0 Å². The van der Waals surface area contributed by atoms with E-state index < -0.39 is 5.91 Å². The Morgan fingerprint density at radius 1 is 1.05 bits per heavy atom. The number of carbonyl (C=O) groups is 2. The predicted octanol–water partition coefficient (Wildman–Crippen LogP) is -0.409. The standard InChI is InChI=1S/C10H17N3O3S2.Re/c1-11(2)9(14)8-13(16)10(15)7-12(3-5-17)4-6-18;/h5-6,16H,3-4,7-8H2,1-2H3;. The van der Waals surface area contributed by atoms with Crippen molar-refractivity contribution in [1.82, 2.24) is 14.9 Å². The molecular weight excluding hydrogens is 460 g/mol. The molecule has 0 rings (SSSR count). The second-order valence-electron chi connectivity index (χ2n) is 3.77. The molecule has 0 aromatic heterocycles. The Morgan fingerprint density at radius 2 is 1.53 bits per heavy atom. The number of rotatable bonds is 8. The summed E-state index contributed by atoms with van der Waals surface area (Å²) >= 11 is 9.40. The summed E-state index contributed by atoms with van der Waals surface area (Å²) in [4.78, 5) is 25.9. The number of thiocarbonyl (C=S) groups is 2. The van der Waals surface area contributed by atoms with Crippen molar-refractivity contribution in [3.63, 3.8) is 0 Å². The average Bonchev–Trinajstić information content (AvgIpc) is 2.29. The van der Waals surface area contributed by atoms with Crippen LogP contribution < -0.4 is 0 Å². The summed E-state index contributed by atoms with van der Waals surface area (Å²) in [7, 11) is 3.09. The Kier molecular flexibility index (Phi) is 12.7. The van der Waals surface area contributed by atoms with Gasteiger partial charge in [0, 0.05) is 47.6 Å². The van der Waals surface area contributed by atoms with E-state index in [1.807, 2.05) is 0 Å². The van der Waals surface area contributed by atoms with Gasteiger partial charge in [-0.15, -0.1) is 0 Å². The van der Waals surface area contributed by atoms with Crippen molar-refractivity contribution < 1.29 is 35.2 Å². The number of carbonyl (C=O) groups excluding carboxylic acids is 2. The third-order valence-electron chi connectivity index (χ3n) is 2.10. The summed E-state index contributed by atoms with van der Waals surface area (Å²) in [6.07, 6.45) is 0. The van der Waals surface area contributed by atoms with Gasteiger partial charge in [0.15, 0.2) is 0 Å². The van der Waals surface area contributed by atoms with Crippen LogP contribution in [0.4, 0.5) is 0 Å². The number of hydroxylamine groups is 2. The molecule has 0 unspecified atom stereocenters. The van der Waals surface area contributed by atoms with Crippen molar-refractivity contribution in [2.24, 2.45) is 0 Å². The summed E-state index contributed by atoms with van der Waals surface area (Å²) in [5, 5.41) is 12.8. The zero-order valence-corrected chi connectivity index (χ0v) is 15.1. The molecule has 0 fully saturated rings. The fraction of sp³-hybridized carbons (Fsp3) is 0.600. The number of likely N-dealkylation sites (N-methyl/N-ethyl adjacent to an activating group) is 1. The first-order chi connectivity index (χ1) is 8.42. The number of nitrogens with zero attached hydrogens (tertiary/aromatic N) is 3. The zero-order valence-electron chi connectivity index (χ0n) is 10.8. The summed E-state index contributed by atoms with van der Waals surface area (Å²) in [6, 6.07) is 0. The first kappa shape index (κ1) is 21.0. The molecule has 9 heteroatoms. The van der Waals surface area contributed by atoms with E-state index in [4.69, 9.17) is 24.4 Å². The van der Waals surface area contributed by atoms with Gasteiger partial charge >= 0.3 is 0 Å². The number of amides is 2. The van der Waals surface area contributed by atoms with Gasteiger partial charge in [-0.3, -0.25) is 19.7 Å². The van der Waals surface area contributed by atoms with Crippen LogP contribution in [0.2, 0.25) is 0 Å². The molecule has 0 aliphatic rings. The van der Waals surface area contributed by atoms with Gasteiger partial charge in [-0.2, -0.15) is 0 Å². The molecule has 1 N–H and O–H groups in total. The van der Waals surface area contributed by atoms with E-state index in [1.54, 1.807) is 19.0 Å². The smallest absolute Gasteiger partial charge is 0.260 e. The van der Waals surface area contributed by atoms with Crippen LogP contribution in [0.5, 0.6) is 0 Å². The Labute approximate surface area is 137 Å². The van der Waals surface area contributed by atoms with Gasteiger partial charge < -0.3 is 4.90 Å². The Bertz CT molecular complexity index is 319. The van der Waals surface area contributed by atoms with E-state index in [0.717, 1.165) is 0 Å². The van der Waals surface area contributed by atoms with Crippen molar-refractivity contribution in [2.45, 2.75) is 0 Å². The van der Waals surface area contributed by atoms with E-state index in [2.05, 4.69) is 0 Å². The Morgan fingerprint density at radius 3 is 1.89 bits per heavy atom. The number of hydrogen-bond acceptors (Lipinski definition) is 6. The molecule has 0 atom stereocenters. The van der Waals surface area contributed by atoms with Crippen LogP contribution in [-0.4, -0.2) is 82.9 Å². The summed E-state index contributed by atoms with van der Waals surface area (Å²) < 4.78 is 0. The molecule has 6 nitrogen and oxygen atoms in total. The molecule has 0 saturated heterocycles. The molecule has 109 valence electrons. The molecule has 0 bridgehead atoms. The monoisotopic (exact) mass is 478 g/mol. The molecule has 1 radical (unpaired) electrons. The van der Waals surface area contributed by atoms with Crippen LogP contribution in [-0.2, 0) is 30.0 Å². The van der Waals surface area contributed by atoms with Crippen molar-refractivity contribution in [2.75, 3.05) is 40.3 Å². The first-order valence-electron chi connectivity index (χ1n) is 5.21. The first-order valence-corrected chi connectivity index (χ1v) is 6.15. The van der Waals surface area contributed by atoms with Crippen LogP contribution in [0.25, 0.3) is 0 Å². The molecule has 19 heavy (non-hydrogen) atoms. The normalized spacial score (nSPS) is 9.47. The average molecular weight is 478 g/mol. The third-order valence-corrected chi connectivity index (χ3v) is 2.39. The van der Waals surface area contributed by atoms with Gasteiger partial charge in [-0.05, 0) is 10.7 Å². The van der Waals surface area contributed by atoms with E-state index >= 15 is 0 Å². The molecule has 0 aromatic carbocycles. The molecular formula is C10H17N3O3ReS2. The van der Waals surface area contributed by atoms with Gasteiger partial charge in [0.2, 0.25) is 5.91 Å². The summed E-state index contributed by atoms with van der Waals surface area (Å²) in [5.74, 6) is -0.930. The SMILES string of the molecule is CN(C)C(=O)CN(O)C(=O)CN(CC=S)CC=S.[Re]. The minimum atomic E-state index is -0.570. The Hall–Kier alpha value is -0.298. The molecule has 0 saturated carbocycles. The van der Waals surface area contributed by atoms with Crippen molar-refractivity contribution in [3.05, 3.63) is 0 Å². The third kappa shape index (κ3) is 9.27. The topological polar surface area (TPSA) is 64.1 Å². The van der Waals surface area contributed by atoms with Gasteiger partial charge in [-0.1, -0.05) is 24.4 Å². The second-order valence-corrected chi connectivity index (χ2v) is 4.43. The van der Waals surface area contributed by atoms with Gasteiger partial charge in [0.05, 0.1) is 6.54 Å². The number of hydrogen-bond donors (Lipinski definition) is 1. The minimum absolute atomic E-state index is 0. The van der Waals surface area contributed by atoms with Crippen molar-refractivity contribution >= 4 is 47.0 Å². The van der Waals surface area contributed by atoms with Crippen LogP contribution in [0.1, 0.15) is 0 Å². The largest absolute Gasteiger partial charge is 0.347 e. The van der Waals surface area contributed by atoms with Crippen LogP contribution >= 0.6 is 24.4 Å². The molecule has 0 heterocycles. The van der Waals surface area contributed by atoms with Crippen LogP contribution in [0, 0.1) is 0 Å². The maximum atomic E-state index is 11.6. The molecule has 0 aromatic rings. The molecule has 0 aliphatic heterocycles. The second kappa shape index (κ2) is 11.5. The maximum Gasteiger partial charge on any atom is 0.260 e. The van der Waals surface area contributed by atoms with E-state index in [9.17, 15) is 14.8 Å². The minimum Gasteiger partial charge on any atom is -0.347 e. The Balaban J connectivity index is 0. The van der Waals surface area contributed by atoms with E-state index in [0.29, 0.717) is 18.2 Å². The summed E-state index contributed by atoms with van der Waals surface area (Å²) in [6.45, 7) is 0.402. The molecule has 0 aliphatic carbocycles. The quantitative estimate of drug-likeness (QED) is 0.292. The van der Waals surface area contributed by atoms with Gasteiger partial charge in [0.25, 0.3) is 5.91 Å². The van der Waals surface area contributed by atoms with E-state index in [-0.39, 0.29) is 39.4 Å².